The number of fused-ring (bicyclic) bond motifs is 3. The van der Waals surface area contributed by atoms with Crippen molar-refractivity contribution in [2.24, 2.45) is 5.92 Å². The molecule has 132 valence electrons. The van der Waals surface area contributed by atoms with Crippen molar-refractivity contribution in [1.82, 2.24) is 9.88 Å². The van der Waals surface area contributed by atoms with Gasteiger partial charge in [0.1, 0.15) is 16.9 Å². The van der Waals surface area contributed by atoms with E-state index in [1.165, 1.54) is 17.7 Å². The Morgan fingerprint density at radius 1 is 1.36 bits per heavy atom. The third kappa shape index (κ3) is 3.41. The van der Waals surface area contributed by atoms with Crippen LogP contribution >= 0.6 is 11.3 Å². The Labute approximate surface area is 151 Å². The van der Waals surface area contributed by atoms with Crippen molar-refractivity contribution in [3.63, 3.8) is 0 Å². The molecule has 3 fully saturated rings. The minimum Gasteiger partial charge on any atom is -0.489 e. The van der Waals surface area contributed by atoms with Crippen LogP contribution in [0.5, 0.6) is 5.75 Å². The van der Waals surface area contributed by atoms with Gasteiger partial charge in [0.25, 0.3) is 0 Å². The number of carboxylic acids is 1. The smallest absolute Gasteiger partial charge is 0.335 e. The van der Waals surface area contributed by atoms with E-state index in [2.05, 4.69) is 16.8 Å². The molecular formula is C19H22N2O3S. The molecule has 3 aliphatic rings. The summed E-state index contributed by atoms with van der Waals surface area (Å²) in [5.74, 6) is 0.281. The van der Waals surface area contributed by atoms with Crippen molar-refractivity contribution >= 4 is 17.3 Å². The zero-order valence-corrected chi connectivity index (χ0v) is 15.1. The van der Waals surface area contributed by atoms with Crippen LogP contribution in [0.1, 0.15) is 35.0 Å². The van der Waals surface area contributed by atoms with E-state index in [4.69, 9.17) is 4.74 Å². The fourth-order valence-electron chi connectivity index (χ4n) is 3.74. The molecule has 0 amide bonds. The second-order valence-electron chi connectivity index (χ2n) is 6.83. The van der Waals surface area contributed by atoms with E-state index in [9.17, 15) is 9.90 Å². The number of piperidine rings is 3. The van der Waals surface area contributed by atoms with Gasteiger partial charge in [0.15, 0.2) is 0 Å². The number of benzene rings is 1. The summed E-state index contributed by atoms with van der Waals surface area (Å²) in [6.45, 7) is 5.34. The highest BCUT2D eigenvalue weighted by Crippen LogP contribution is 2.34. The van der Waals surface area contributed by atoms with E-state index in [1.807, 2.05) is 12.3 Å². The van der Waals surface area contributed by atoms with Crippen molar-refractivity contribution in [1.29, 1.82) is 0 Å². The lowest BCUT2D eigenvalue weighted by Crippen LogP contribution is -2.52. The van der Waals surface area contributed by atoms with Gasteiger partial charge in [-0.3, -0.25) is 4.90 Å². The molecule has 25 heavy (non-hydrogen) atoms. The number of aryl methyl sites for hydroxylation is 1. The van der Waals surface area contributed by atoms with Crippen LogP contribution in [0.3, 0.4) is 0 Å². The van der Waals surface area contributed by atoms with Crippen molar-refractivity contribution in [2.45, 2.75) is 32.3 Å². The minimum atomic E-state index is -0.937. The Morgan fingerprint density at radius 3 is 2.76 bits per heavy atom. The van der Waals surface area contributed by atoms with E-state index in [0.29, 0.717) is 11.7 Å². The highest BCUT2D eigenvalue weighted by Gasteiger charge is 2.35. The summed E-state index contributed by atoms with van der Waals surface area (Å²) in [6, 6.07) is 5.25. The van der Waals surface area contributed by atoms with E-state index in [1.54, 1.807) is 23.5 Å². The fraction of sp³-hybridized carbons (Fsp3) is 0.474. The lowest BCUT2D eigenvalue weighted by molar-refractivity contribution is -0.00779. The Morgan fingerprint density at radius 2 is 2.16 bits per heavy atom. The number of aromatic carboxylic acids is 1. The van der Waals surface area contributed by atoms with Gasteiger partial charge in [-0.1, -0.05) is 6.92 Å². The monoisotopic (exact) mass is 358 g/mol. The maximum Gasteiger partial charge on any atom is 0.335 e. The van der Waals surface area contributed by atoms with Gasteiger partial charge in [-0.25, -0.2) is 9.78 Å². The molecule has 2 aromatic rings. The summed E-state index contributed by atoms with van der Waals surface area (Å²) in [6.07, 6.45) is 5.29. The van der Waals surface area contributed by atoms with Crippen LogP contribution in [0, 0.1) is 5.92 Å². The molecule has 6 heteroatoms. The van der Waals surface area contributed by atoms with Gasteiger partial charge in [-0.2, -0.15) is 0 Å². The highest BCUT2D eigenvalue weighted by atomic mass is 32.1. The second-order valence-corrected chi connectivity index (χ2v) is 7.95. The maximum absolute atomic E-state index is 11.5. The highest BCUT2D eigenvalue weighted by molar-refractivity contribution is 7.15. The predicted octanol–water partition coefficient (Wildman–Crippen LogP) is 3.54. The average Bonchev–Trinajstić information content (AvgIpc) is 3.12. The molecular weight excluding hydrogens is 336 g/mol. The van der Waals surface area contributed by atoms with Crippen LogP contribution in [-0.4, -0.2) is 46.7 Å². The van der Waals surface area contributed by atoms with Crippen LogP contribution in [0.2, 0.25) is 0 Å². The van der Waals surface area contributed by atoms with Crippen molar-refractivity contribution in [3.8, 4) is 16.3 Å². The predicted molar refractivity (Wildman–Crippen MR) is 97.5 cm³/mol. The molecule has 5 rings (SSSR count). The first-order valence-corrected chi connectivity index (χ1v) is 9.66. The molecule has 1 aromatic heterocycles. The lowest BCUT2D eigenvalue weighted by atomic mass is 9.86. The summed E-state index contributed by atoms with van der Waals surface area (Å²) >= 11 is 1.61. The number of hydrogen-bond acceptors (Lipinski definition) is 5. The van der Waals surface area contributed by atoms with Crippen LogP contribution in [0.4, 0.5) is 0 Å². The van der Waals surface area contributed by atoms with Crippen molar-refractivity contribution < 1.29 is 14.6 Å². The number of nitrogens with zero attached hydrogens (tertiary/aromatic N) is 2. The first-order valence-electron chi connectivity index (χ1n) is 8.85. The van der Waals surface area contributed by atoms with Gasteiger partial charge >= 0.3 is 5.97 Å². The molecule has 1 N–H and O–H groups in total. The molecule has 0 unspecified atom stereocenters. The topological polar surface area (TPSA) is 62.7 Å². The van der Waals surface area contributed by atoms with Crippen LogP contribution in [0.25, 0.3) is 10.6 Å². The summed E-state index contributed by atoms with van der Waals surface area (Å²) in [5, 5.41) is 10.3. The number of aromatic nitrogens is 1. The lowest BCUT2D eigenvalue weighted by Gasteiger charge is -2.44. The van der Waals surface area contributed by atoms with Gasteiger partial charge in [-0.15, -0.1) is 11.3 Å². The number of carboxylic acid groups (broad SMARTS) is 1. The number of ether oxygens (including phenoxy) is 1. The van der Waals surface area contributed by atoms with Crippen molar-refractivity contribution in [3.05, 3.63) is 34.8 Å². The van der Waals surface area contributed by atoms with Crippen molar-refractivity contribution in [2.75, 3.05) is 19.6 Å². The van der Waals surface area contributed by atoms with Gasteiger partial charge in [0.05, 0.1) is 5.56 Å². The Kier molecular flexibility index (Phi) is 4.48. The molecule has 2 bridgehead atoms. The summed E-state index contributed by atoms with van der Waals surface area (Å²) in [5.41, 5.74) is 1.07. The maximum atomic E-state index is 11.5. The number of thiazole rings is 1. The third-order valence-corrected chi connectivity index (χ3v) is 6.38. The zero-order chi connectivity index (χ0) is 17.4. The zero-order valence-electron chi connectivity index (χ0n) is 14.3. The summed E-state index contributed by atoms with van der Waals surface area (Å²) in [7, 11) is 0. The molecule has 0 radical (unpaired) electrons. The Bertz CT molecular complexity index is 781. The summed E-state index contributed by atoms with van der Waals surface area (Å²) in [4.78, 5) is 19.6. The summed E-state index contributed by atoms with van der Waals surface area (Å²) < 4.78 is 6.25. The molecule has 3 saturated heterocycles. The first kappa shape index (κ1) is 16.5. The molecule has 0 spiro atoms. The van der Waals surface area contributed by atoms with Crippen LogP contribution < -0.4 is 4.74 Å². The third-order valence-electron chi connectivity index (χ3n) is 5.19. The van der Waals surface area contributed by atoms with E-state index in [0.717, 1.165) is 36.6 Å². The SMILES string of the molecule is CCc1cnc(-c2cc(O[C@@H]3CN4CCC3CC4)cc(C(=O)O)c2)s1. The molecule has 3 aliphatic heterocycles. The average molecular weight is 358 g/mol. The van der Waals surface area contributed by atoms with Crippen LogP contribution in [-0.2, 0) is 6.42 Å². The van der Waals surface area contributed by atoms with E-state index < -0.39 is 5.97 Å². The quantitative estimate of drug-likeness (QED) is 0.886. The fourth-order valence-corrected chi connectivity index (χ4v) is 4.58. The standard InChI is InChI=1S/C19H22N2O3S/c1-2-16-10-20-18(25-16)13-7-14(19(22)23)9-15(8-13)24-17-11-21-5-3-12(17)4-6-21/h7-10,12,17H,2-6,11H2,1H3,(H,22,23)/t17-/m1/s1. The van der Waals surface area contributed by atoms with Gasteiger partial charge in [0, 0.05) is 23.2 Å². The largest absolute Gasteiger partial charge is 0.489 e. The number of rotatable bonds is 5. The second kappa shape index (κ2) is 6.77. The van der Waals surface area contributed by atoms with Gasteiger partial charge in [-0.05, 0) is 56.5 Å². The first-order chi connectivity index (χ1) is 12.1. The van der Waals surface area contributed by atoms with Gasteiger partial charge < -0.3 is 9.84 Å². The molecule has 1 aromatic carbocycles. The molecule has 0 aliphatic carbocycles. The van der Waals surface area contributed by atoms with Gasteiger partial charge in [0.2, 0.25) is 0 Å². The molecule has 4 heterocycles. The minimum absolute atomic E-state index is 0.155. The normalized spacial score (nSPS) is 25.1. The Hall–Kier alpha value is -1.92. The Balaban J connectivity index is 1.63. The van der Waals surface area contributed by atoms with Crippen LogP contribution in [0.15, 0.2) is 24.4 Å². The molecule has 1 atom stereocenters. The number of carbonyl (C=O) groups is 1. The van der Waals surface area contributed by atoms with E-state index >= 15 is 0 Å². The molecule has 0 saturated carbocycles. The molecule has 5 nitrogen and oxygen atoms in total. The number of hydrogen-bond donors (Lipinski definition) is 1. The van der Waals surface area contributed by atoms with E-state index in [-0.39, 0.29) is 11.7 Å².